The summed E-state index contributed by atoms with van der Waals surface area (Å²) in [5, 5.41) is 12.6. The van der Waals surface area contributed by atoms with Crippen LogP contribution in [0.1, 0.15) is 24.8 Å². The van der Waals surface area contributed by atoms with Crippen LogP contribution in [0.3, 0.4) is 0 Å². The maximum Gasteiger partial charge on any atom is 0.243 e. The molecule has 1 heterocycles. The number of hydrogen-bond donors (Lipinski definition) is 2. The summed E-state index contributed by atoms with van der Waals surface area (Å²) in [6.45, 7) is 1.47. The van der Waals surface area contributed by atoms with Gasteiger partial charge >= 0.3 is 0 Å². The Morgan fingerprint density at radius 2 is 1.95 bits per heavy atom. The van der Waals surface area contributed by atoms with Crippen LogP contribution in [0.15, 0.2) is 34.3 Å². The Morgan fingerprint density at radius 1 is 1.24 bits per heavy atom. The maximum atomic E-state index is 12.7. The van der Waals surface area contributed by atoms with Gasteiger partial charge in [0, 0.05) is 18.7 Å². The molecule has 0 bridgehead atoms. The first-order valence-electron chi connectivity index (χ1n) is 7.12. The van der Waals surface area contributed by atoms with Gasteiger partial charge < -0.3 is 10.5 Å². The quantitative estimate of drug-likeness (QED) is 0.462. The second-order valence-corrected chi connectivity index (χ2v) is 6.80. The molecular formula is C14H21N3O3S. The highest BCUT2D eigenvalue weighted by atomic mass is 32.2. The van der Waals surface area contributed by atoms with Crippen molar-refractivity contribution < 1.29 is 13.5 Å². The lowest BCUT2D eigenvalue weighted by atomic mass is 10.2. The van der Waals surface area contributed by atoms with E-state index in [4.69, 9.17) is 5.11 Å². The predicted octanol–water partition coefficient (Wildman–Crippen LogP) is 0.777. The molecule has 2 N–H and O–H groups in total. The lowest BCUT2D eigenvalue weighted by Crippen LogP contribution is -2.36. The molecule has 0 atom stereocenters. The molecule has 1 aromatic rings. The van der Waals surface area contributed by atoms with Gasteiger partial charge in [0.15, 0.2) is 0 Å². The Labute approximate surface area is 125 Å². The summed E-state index contributed by atoms with van der Waals surface area (Å²) in [6, 6.07) is 6.83. The monoisotopic (exact) mass is 311 g/mol. The van der Waals surface area contributed by atoms with Crippen LogP contribution < -0.4 is 5.43 Å². The molecule has 1 aliphatic heterocycles. The Kier molecular flexibility index (Phi) is 5.72. The summed E-state index contributed by atoms with van der Waals surface area (Å²) in [6.07, 6.45) is 4.38. The number of sulfonamides is 1. The van der Waals surface area contributed by atoms with Crippen molar-refractivity contribution in [3.05, 3.63) is 29.8 Å². The Balaban J connectivity index is 2.24. The van der Waals surface area contributed by atoms with E-state index in [1.807, 2.05) is 0 Å². The zero-order valence-corrected chi connectivity index (χ0v) is 12.7. The van der Waals surface area contributed by atoms with Crippen LogP contribution in [0.4, 0.5) is 0 Å². The molecule has 0 aliphatic carbocycles. The van der Waals surface area contributed by atoms with Gasteiger partial charge in [-0.15, -0.1) is 0 Å². The van der Waals surface area contributed by atoms with Gasteiger partial charge in [0.25, 0.3) is 0 Å². The molecule has 7 heteroatoms. The Bertz CT molecular complexity index is 581. The minimum Gasteiger partial charge on any atom is -0.394 e. The van der Waals surface area contributed by atoms with E-state index in [-0.39, 0.29) is 11.5 Å². The van der Waals surface area contributed by atoms with Crippen molar-refractivity contribution in [3.8, 4) is 0 Å². The first kappa shape index (κ1) is 15.9. The van der Waals surface area contributed by atoms with E-state index >= 15 is 0 Å². The van der Waals surface area contributed by atoms with Gasteiger partial charge in [-0.3, -0.25) is 0 Å². The summed E-state index contributed by atoms with van der Waals surface area (Å²) in [5.41, 5.74) is 3.20. The van der Waals surface area contributed by atoms with Gasteiger partial charge in [0.2, 0.25) is 10.0 Å². The SMILES string of the molecule is O=S(=O)(c1ccccc1C=NNCCO)N1CCCCC1. The fourth-order valence-corrected chi connectivity index (χ4v) is 3.98. The number of nitrogens with one attached hydrogen (secondary N) is 1. The van der Waals surface area contributed by atoms with E-state index in [2.05, 4.69) is 10.5 Å². The summed E-state index contributed by atoms with van der Waals surface area (Å²) < 4.78 is 26.9. The van der Waals surface area contributed by atoms with E-state index in [0.717, 1.165) is 19.3 Å². The third-order valence-electron chi connectivity index (χ3n) is 3.37. The zero-order valence-electron chi connectivity index (χ0n) is 11.9. The fourth-order valence-electron chi connectivity index (χ4n) is 2.30. The first-order valence-corrected chi connectivity index (χ1v) is 8.56. The van der Waals surface area contributed by atoms with Crippen LogP contribution in [0.25, 0.3) is 0 Å². The number of hydrogen-bond acceptors (Lipinski definition) is 5. The molecular weight excluding hydrogens is 290 g/mol. The molecule has 0 aromatic heterocycles. The molecule has 0 spiro atoms. The van der Waals surface area contributed by atoms with Crippen LogP contribution in [0, 0.1) is 0 Å². The normalized spacial score (nSPS) is 17.2. The fraction of sp³-hybridized carbons (Fsp3) is 0.500. The van der Waals surface area contributed by atoms with Gasteiger partial charge in [-0.05, 0) is 18.9 Å². The standard InChI is InChI=1S/C14H21N3O3S/c18-11-8-15-16-12-13-6-2-3-7-14(13)21(19,20)17-9-4-1-5-10-17/h2-3,6-7,12,15,18H,1,4-5,8-11H2. The van der Waals surface area contributed by atoms with E-state index in [1.165, 1.54) is 6.21 Å². The number of benzene rings is 1. The third kappa shape index (κ3) is 4.03. The highest BCUT2D eigenvalue weighted by Crippen LogP contribution is 2.22. The lowest BCUT2D eigenvalue weighted by Gasteiger charge is -2.26. The first-order chi connectivity index (χ1) is 10.2. The smallest absolute Gasteiger partial charge is 0.243 e. The van der Waals surface area contributed by atoms with Gasteiger partial charge in [-0.25, -0.2) is 8.42 Å². The molecule has 1 saturated heterocycles. The molecule has 21 heavy (non-hydrogen) atoms. The highest BCUT2D eigenvalue weighted by molar-refractivity contribution is 7.89. The Morgan fingerprint density at radius 3 is 2.67 bits per heavy atom. The van der Waals surface area contributed by atoms with Crippen molar-refractivity contribution in [1.82, 2.24) is 9.73 Å². The molecule has 1 fully saturated rings. The third-order valence-corrected chi connectivity index (χ3v) is 5.34. The van der Waals surface area contributed by atoms with Crippen molar-refractivity contribution in [1.29, 1.82) is 0 Å². The molecule has 116 valence electrons. The zero-order chi connectivity index (χ0) is 15.1. The van der Waals surface area contributed by atoms with Crippen molar-refractivity contribution in [2.24, 2.45) is 5.10 Å². The number of piperidine rings is 1. The van der Waals surface area contributed by atoms with E-state index in [1.54, 1.807) is 28.6 Å². The summed E-state index contributed by atoms with van der Waals surface area (Å²) in [4.78, 5) is 0.279. The van der Waals surface area contributed by atoms with Crippen molar-refractivity contribution in [3.63, 3.8) is 0 Å². The van der Waals surface area contributed by atoms with Crippen LogP contribution >= 0.6 is 0 Å². The van der Waals surface area contributed by atoms with Crippen LogP contribution in [-0.4, -0.2) is 50.3 Å². The molecule has 0 radical (unpaired) electrons. The van der Waals surface area contributed by atoms with E-state index in [0.29, 0.717) is 25.2 Å². The number of hydrazone groups is 1. The average molecular weight is 311 g/mol. The molecule has 6 nitrogen and oxygen atoms in total. The second kappa shape index (κ2) is 7.53. The highest BCUT2D eigenvalue weighted by Gasteiger charge is 2.27. The number of nitrogens with zero attached hydrogens (tertiary/aromatic N) is 2. The lowest BCUT2D eigenvalue weighted by molar-refractivity contribution is 0.294. The number of aliphatic hydroxyl groups is 1. The molecule has 0 amide bonds. The summed E-state index contributed by atoms with van der Waals surface area (Å²) >= 11 is 0. The largest absolute Gasteiger partial charge is 0.394 e. The average Bonchev–Trinajstić information content (AvgIpc) is 2.53. The van der Waals surface area contributed by atoms with E-state index in [9.17, 15) is 8.42 Å². The van der Waals surface area contributed by atoms with Crippen molar-refractivity contribution in [2.45, 2.75) is 24.2 Å². The minimum absolute atomic E-state index is 0.0228. The predicted molar refractivity (Wildman–Crippen MR) is 81.7 cm³/mol. The van der Waals surface area contributed by atoms with Crippen LogP contribution in [0.5, 0.6) is 0 Å². The molecule has 0 saturated carbocycles. The minimum atomic E-state index is -3.47. The van der Waals surface area contributed by atoms with Crippen molar-refractivity contribution >= 4 is 16.2 Å². The topological polar surface area (TPSA) is 82.0 Å². The van der Waals surface area contributed by atoms with Gasteiger partial charge in [-0.2, -0.15) is 9.41 Å². The maximum absolute atomic E-state index is 12.7. The summed E-state index contributed by atoms with van der Waals surface area (Å²) in [7, 11) is -3.47. The molecule has 0 unspecified atom stereocenters. The van der Waals surface area contributed by atoms with E-state index < -0.39 is 10.0 Å². The number of rotatable bonds is 6. The van der Waals surface area contributed by atoms with Gasteiger partial charge in [0.05, 0.1) is 24.3 Å². The van der Waals surface area contributed by atoms with Crippen molar-refractivity contribution in [2.75, 3.05) is 26.2 Å². The van der Waals surface area contributed by atoms with Crippen LogP contribution in [0.2, 0.25) is 0 Å². The molecule has 2 rings (SSSR count). The number of aliphatic hydroxyl groups excluding tert-OH is 1. The van der Waals surface area contributed by atoms with Gasteiger partial charge in [-0.1, -0.05) is 24.6 Å². The molecule has 1 aromatic carbocycles. The second-order valence-electron chi connectivity index (χ2n) is 4.89. The van der Waals surface area contributed by atoms with Gasteiger partial charge in [0.1, 0.15) is 0 Å². The van der Waals surface area contributed by atoms with Crippen LogP contribution in [-0.2, 0) is 10.0 Å². The molecule has 1 aliphatic rings. The summed E-state index contributed by atoms with van der Waals surface area (Å²) in [5.74, 6) is 0. The Hall–Kier alpha value is -1.44.